The number of benzene rings is 1. The van der Waals surface area contributed by atoms with Crippen LogP contribution in [0.3, 0.4) is 0 Å². The van der Waals surface area contributed by atoms with Gasteiger partial charge in [0.1, 0.15) is 5.56 Å². The molecule has 2 fully saturated rings. The summed E-state index contributed by atoms with van der Waals surface area (Å²) >= 11 is 0. The molecule has 0 radical (unpaired) electrons. The number of carbonyl (C=O) groups is 1. The molecule has 5 N–H and O–H groups in total. The lowest BCUT2D eigenvalue weighted by molar-refractivity contribution is 0.0695. The Morgan fingerprint density at radius 2 is 2.00 bits per heavy atom. The van der Waals surface area contributed by atoms with Gasteiger partial charge in [0.2, 0.25) is 5.43 Å². The highest BCUT2D eigenvalue weighted by molar-refractivity contribution is 6.01. The monoisotopic (exact) mass is 388 g/mol. The first kappa shape index (κ1) is 18.7. The number of halogens is 1. The highest BCUT2D eigenvalue weighted by atomic mass is 19.1. The Labute approximate surface area is 161 Å². The second kappa shape index (κ2) is 5.94. The molecule has 1 saturated carbocycles. The topological polar surface area (TPSA) is 115 Å². The van der Waals surface area contributed by atoms with Gasteiger partial charge in [0.15, 0.2) is 5.82 Å². The van der Waals surface area contributed by atoms with Crippen molar-refractivity contribution in [3.63, 3.8) is 0 Å². The Kier molecular flexibility index (Phi) is 3.98. The van der Waals surface area contributed by atoms with Crippen LogP contribution < -0.4 is 21.8 Å². The van der Waals surface area contributed by atoms with Crippen molar-refractivity contribution in [1.82, 2.24) is 4.57 Å². The molecule has 1 aliphatic heterocycles. The summed E-state index contributed by atoms with van der Waals surface area (Å²) in [4.78, 5) is 26.2. The number of aromatic nitrogens is 1. The van der Waals surface area contributed by atoms with Crippen LogP contribution in [0.25, 0.3) is 10.9 Å². The van der Waals surface area contributed by atoms with Gasteiger partial charge in [-0.3, -0.25) is 4.79 Å². The van der Waals surface area contributed by atoms with Crippen LogP contribution in [0.4, 0.5) is 15.8 Å². The number of pyridine rings is 1. The zero-order chi connectivity index (χ0) is 20.5. The number of carboxylic acid groups (broad SMARTS) is 1. The number of aryl methyl sites for hydroxylation is 1. The van der Waals surface area contributed by atoms with Crippen molar-refractivity contribution < 1.29 is 14.3 Å². The Balaban J connectivity index is 2.06. The van der Waals surface area contributed by atoms with Crippen molar-refractivity contribution in [2.24, 2.45) is 11.1 Å². The van der Waals surface area contributed by atoms with Gasteiger partial charge in [0, 0.05) is 31.4 Å². The van der Waals surface area contributed by atoms with Crippen molar-refractivity contribution in [3.05, 3.63) is 33.4 Å². The maximum absolute atomic E-state index is 15.4. The van der Waals surface area contributed by atoms with E-state index in [-0.39, 0.29) is 34.1 Å². The summed E-state index contributed by atoms with van der Waals surface area (Å²) in [5.41, 5.74) is 12.2. The molecule has 2 heterocycles. The van der Waals surface area contributed by atoms with E-state index in [0.717, 1.165) is 12.8 Å². The number of fused-ring (bicyclic) bond motifs is 1. The van der Waals surface area contributed by atoms with Crippen molar-refractivity contribution >= 4 is 28.2 Å². The highest BCUT2D eigenvalue weighted by Gasteiger charge is 2.39. The van der Waals surface area contributed by atoms with Crippen LogP contribution in [0, 0.1) is 18.2 Å². The van der Waals surface area contributed by atoms with Crippen LogP contribution in [0.1, 0.15) is 48.7 Å². The molecule has 0 unspecified atom stereocenters. The van der Waals surface area contributed by atoms with Gasteiger partial charge in [-0.2, -0.15) is 0 Å². The third-order valence-corrected chi connectivity index (χ3v) is 6.17. The molecular weight excluding hydrogens is 363 g/mol. The average molecular weight is 388 g/mol. The molecule has 0 bridgehead atoms. The summed E-state index contributed by atoms with van der Waals surface area (Å²) in [6.07, 6.45) is 3.13. The number of carboxylic acids is 1. The van der Waals surface area contributed by atoms with Crippen LogP contribution in [-0.4, -0.2) is 34.8 Å². The molecular formula is C20H25FN4O3. The number of aromatic carboxylic acids is 1. The fourth-order valence-corrected chi connectivity index (χ4v) is 4.28. The standard InChI is InChI=1S/C20H25FN4O3/c1-9-16-13(18(26)11(19(27)28)6-25(16)10-4-5-10)15(23)14(21)17(9)24-7-12(22)20(2,3)8-24/h6,10,12H,4-5,7-8,22-23H2,1-3H3,(H,27,28)/t12-/m1/s1. The first-order valence-electron chi connectivity index (χ1n) is 9.44. The molecule has 4 rings (SSSR count). The van der Waals surface area contributed by atoms with Crippen LogP contribution >= 0.6 is 0 Å². The van der Waals surface area contributed by atoms with Crippen LogP contribution in [-0.2, 0) is 0 Å². The molecule has 1 saturated heterocycles. The Bertz CT molecular complexity index is 1070. The number of rotatable bonds is 3. The third kappa shape index (κ3) is 2.58. The molecule has 2 aromatic rings. The predicted molar refractivity (Wildman–Crippen MR) is 107 cm³/mol. The minimum Gasteiger partial charge on any atom is -0.477 e. The van der Waals surface area contributed by atoms with E-state index in [1.54, 1.807) is 11.5 Å². The minimum atomic E-state index is -1.34. The fourth-order valence-electron chi connectivity index (χ4n) is 4.28. The summed E-state index contributed by atoms with van der Waals surface area (Å²) < 4.78 is 17.2. The van der Waals surface area contributed by atoms with E-state index in [1.807, 2.05) is 18.7 Å². The van der Waals surface area contributed by atoms with Crippen LogP contribution in [0.2, 0.25) is 0 Å². The lowest BCUT2D eigenvalue weighted by Gasteiger charge is -2.26. The highest BCUT2D eigenvalue weighted by Crippen LogP contribution is 2.43. The lowest BCUT2D eigenvalue weighted by atomic mass is 9.89. The first-order chi connectivity index (χ1) is 13.0. The number of nitrogen functional groups attached to an aromatic ring is 1. The minimum absolute atomic E-state index is 0.0479. The number of nitrogens with zero attached hydrogens (tertiary/aromatic N) is 2. The molecule has 2 aliphatic rings. The number of nitrogens with two attached hydrogens (primary N) is 2. The molecule has 7 nitrogen and oxygen atoms in total. The van der Waals surface area contributed by atoms with Gasteiger partial charge in [0.05, 0.1) is 22.3 Å². The molecule has 1 aromatic carbocycles. The number of anilines is 2. The lowest BCUT2D eigenvalue weighted by Crippen LogP contribution is -2.35. The quantitative estimate of drug-likeness (QED) is 0.695. The van der Waals surface area contributed by atoms with Crippen LogP contribution in [0.15, 0.2) is 11.0 Å². The SMILES string of the molecule is Cc1c(N2C[C@@H](N)C(C)(C)C2)c(F)c(N)c2c(=O)c(C(=O)O)cn(C3CC3)c12. The maximum Gasteiger partial charge on any atom is 0.341 e. The smallest absolute Gasteiger partial charge is 0.341 e. The largest absolute Gasteiger partial charge is 0.477 e. The molecule has 150 valence electrons. The summed E-state index contributed by atoms with van der Waals surface area (Å²) in [7, 11) is 0. The van der Waals surface area contributed by atoms with Gasteiger partial charge in [-0.15, -0.1) is 0 Å². The molecule has 0 amide bonds. The zero-order valence-electron chi connectivity index (χ0n) is 16.3. The molecule has 1 aromatic heterocycles. The number of hydrogen-bond donors (Lipinski definition) is 3. The zero-order valence-corrected chi connectivity index (χ0v) is 16.3. The van der Waals surface area contributed by atoms with Gasteiger partial charge in [-0.25, -0.2) is 9.18 Å². The van der Waals surface area contributed by atoms with Gasteiger partial charge < -0.3 is 26.0 Å². The Morgan fingerprint density at radius 3 is 2.50 bits per heavy atom. The van der Waals surface area contributed by atoms with E-state index >= 15 is 4.39 Å². The fraction of sp³-hybridized carbons (Fsp3) is 0.500. The van der Waals surface area contributed by atoms with E-state index < -0.39 is 17.2 Å². The van der Waals surface area contributed by atoms with E-state index in [0.29, 0.717) is 29.9 Å². The summed E-state index contributed by atoms with van der Waals surface area (Å²) in [5, 5.41) is 9.38. The average Bonchev–Trinajstić information content (AvgIpc) is 3.39. The van der Waals surface area contributed by atoms with E-state index in [2.05, 4.69) is 0 Å². The Morgan fingerprint density at radius 1 is 1.36 bits per heavy atom. The number of hydrogen-bond acceptors (Lipinski definition) is 5. The van der Waals surface area contributed by atoms with Crippen molar-refractivity contribution in [1.29, 1.82) is 0 Å². The summed E-state index contributed by atoms with van der Waals surface area (Å²) in [6, 6.07) is -0.0295. The normalized spacial score (nSPS) is 21.5. The molecule has 8 heteroatoms. The molecule has 1 aliphatic carbocycles. The maximum atomic E-state index is 15.4. The molecule has 0 spiro atoms. The van der Waals surface area contributed by atoms with Crippen molar-refractivity contribution in [2.45, 2.75) is 45.7 Å². The van der Waals surface area contributed by atoms with Gasteiger partial charge in [-0.1, -0.05) is 13.8 Å². The Hall–Kier alpha value is -2.61. The van der Waals surface area contributed by atoms with Gasteiger partial charge >= 0.3 is 5.97 Å². The summed E-state index contributed by atoms with van der Waals surface area (Å²) in [5.74, 6) is -2.02. The van der Waals surface area contributed by atoms with Crippen molar-refractivity contribution in [3.8, 4) is 0 Å². The predicted octanol–water partition coefficient (Wildman–Crippen LogP) is 2.24. The van der Waals surface area contributed by atoms with Crippen LogP contribution in [0.5, 0.6) is 0 Å². The first-order valence-corrected chi connectivity index (χ1v) is 9.44. The van der Waals surface area contributed by atoms with E-state index in [9.17, 15) is 14.7 Å². The second-order valence-electron chi connectivity index (χ2n) is 8.72. The molecule has 1 atom stereocenters. The summed E-state index contributed by atoms with van der Waals surface area (Å²) in [6.45, 7) is 6.88. The van der Waals surface area contributed by atoms with Gasteiger partial charge in [-0.05, 0) is 30.7 Å². The second-order valence-corrected chi connectivity index (χ2v) is 8.72. The van der Waals surface area contributed by atoms with Gasteiger partial charge in [0.25, 0.3) is 0 Å². The van der Waals surface area contributed by atoms with E-state index in [4.69, 9.17) is 11.5 Å². The van der Waals surface area contributed by atoms with E-state index in [1.165, 1.54) is 6.20 Å². The third-order valence-electron chi connectivity index (χ3n) is 6.17. The molecule has 28 heavy (non-hydrogen) atoms. The van der Waals surface area contributed by atoms with Crippen molar-refractivity contribution in [2.75, 3.05) is 23.7 Å².